The van der Waals surface area contributed by atoms with Gasteiger partial charge in [0.15, 0.2) is 0 Å². The van der Waals surface area contributed by atoms with Crippen LogP contribution in [0.15, 0.2) is 35.1 Å². The molecule has 1 aliphatic rings. The highest BCUT2D eigenvalue weighted by Crippen LogP contribution is 2.21. The van der Waals surface area contributed by atoms with Gasteiger partial charge in [0, 0.05) is 18.2 Å². The Morgan fingerprint density at radius 2 is 2.06 bits per heavy atom. The monoisotopic (exact) mass is 227 g/mol. The zero-order valence-electron chi connectivity index (χ0n) is 9.53. The second-order valence-corrected chi connectivity index (χ2v) is 4.24. The standard InChI is InChI=1S/C13H13N3O/c1-8-11-10(7-14-8)15-12(16-13(11)17)9-5-3-2-4-6-9/h2-6,8,14H,7H2,1H3,(H,15,16,17). The van der Waals surface area contributed by atoms with E-state index in [4.69, 9.17) is 0 Å². The van der Waals surface area contributed by atoms with Crippen LogP contribution in [0.2, 0.25) is 0 Å². The summed E-state index contributed by atoms with van der Waals surface area (Å²) in [4.78, 5) is 19.3. The Morgan fingerprint density at radius 1 is 1.29 bits per heavy atom. The van der Waals surface area contributed by atoms with Gasteiger partial charge in [0.2, 0.25) is 0 Å². The van der Waals surface area contributed by atoms with Crippen LogP contribution in [0.1, 0.15) is 24.2 Å². The molecule has 0 spiro atoms. The van der Waals surface area contributed by atoms with Crippen LogP contribution < -0.4 is 10.9 Å². The summed E-state index contributed by atoms with van der Waals surface area (Å²) in [5.41, 5.74) is 2.53. The number of aromatic nitrogens is 2. The third-order valence-electron chi connectivity index (χ3n) is 3.09. The number of fused-ring (bicyclic) bond motifs is 1. The highest BCUT2D eigenvalue weighted by atomic mass is 16.1. The number of nitrogens with one attached hydrogen (secondary N) is 2. The molecule has 0 radical (unpaired) electrons. The van der Waals surface area contributed by atoms with Crippen molar-refractivity contribution in [2.75, 3.05) is 0 Å². The fraction of sp³-hybridized carbons (Fsp3) is 0.231. The van der Waals surface area contributed by atoms with Gasteiger partial charge in [-0.25, -0.2) is 4.98 Å². The van der Waals surface area contributed by atoms with E-state index >= 15 is 0 Å². The molecular weight excluding hydrogens is 214 g/mol. The van der Waals surface area contributed by atoms with Crippen molar-refractivity contribution < 1.29 is 0 Å². The fourth-order valence-electron chi connectivity index (χ4n) is 2.19. The van der Waals surface area contributed by atoms with Gasteiger partial charge in [0.05, 0.1) is 11.3 Å². The van der Waals surface area contributed by atoms with Gasteiger partial charge in [-0.1, -0.05) is 30.3 Å². The summed E-state index contributed by atoms with van der Waals surface area (Å²) >= 11 is 0. The third-order valence-corrected chi connectivity index (χ3v) is 3.09. The maximum absolute atomic E-state index is 12.0. The number of aromatic amines is 1. The third kappa shape index (κ3) is 1.66. The van der Waals surface area contributed by atoms with Gasteiger partial charge in [-0.05, 0) is 6.92 Å². The summed E-state index contributed by atoms with van der Waals surface area (Å²) in [6.07, 6.45) is 0. The van der Waals surface area contributed by atoms with Crippen LogP contribution in [0.25, 0.3) is 11.4 Å². The van der Waals surface area contributed by atoms with Crippen LogP contribution in [-0.2, 0) is 6.54 Å². The minimum atomic E-state index is -0.0358. The first kappa shape index (κ1) is 10.2. The largest absolute Gasteiger partial charge is 0.306 e. The lowest BCUT2D eigenvalue weighted by Crippen LogP contribution is -2.18. The van der Waals surface area contributed by atoms with Gasteiger partial charge < -0.3 is 10.3 Å². The number of benzene rings is 1. The fourth-order valence-corrected chi connectivity index (χ4v) is 2.19. The minimum Gasteiger partial charge on any atom is -0.306 e. The molecule has 2 aromatic rings. The summed E-state index contributed by atoms with van der Waals surface area (Å²) < 4.78 is 0. The number of H-pyrrole nitrogens is 1. The molecule has 0 saturated carbocycles. The van der Waals surface area contributed by atoms with E-state index in [9.17, 15) is 4.79 Å². The molecule has 1 aromatic heterocycles. The van der Waals surface area contributed by atoms with E-state index in [1.54, 1.807) is 0 Å². The summed E-state index contributed by atoms with van der Waals surface area (Å²) in [6.45, 7) is 2.64. The molecule has 2 N–H and O–H groups in total. The predicted octanol–water partition coefficient (Wildman–Crippen LogP) is 1.60. The van der Waals surface area contributed by atoms with E-state index in [1.807, 2.05) is 37.3 Å². The lowest BCUT2D eigenvalue weighted by atomic mass is 10.1. The predicted molar refractivity (Wildman–Crippen MR) is 65.5 cm³/mol. The van der Waals surface area contributed by atoms with E-state index in [1.165, 1.54) is 0 Å². The summed E-state index contributed by atoms with van der Waals surface area (Å²) in [5.74, 6) is 0.644. The van der Waals surface area contributed by atoms with Crippen molar-refractivity contribution in [3.8, 4) is 11.4 Å². The zero-order chi connectivity index (χ0) is 11.8. The molecule has 0 amide bonds. The quantitative estimate of drug-likeness (QED) is 0.778. The Hall–Kier alpha value is -1.94. The molecule has 0 fully saturated rings. The lowest BCUT2D eigenvalue weighted by molar-refractivity contribution is 0.629. The molecule has 1 aliphatic heterocycles. The molecule has 1 atom stereocenters. The second kappa shape index (κ2) is 3.82. The Bertz CT molecular complexity index is 604. The molecule has 1 aromatic carbocycles. The van der Waals surface area contributed by atoms with Crippen molar-refractivity contribution in [2.24, 2.45) is 0 Å². The number of nitrogens with zero attached hydrogens (tertiary/aromatic N) is 1. The van der Waals surface area contributed by atoms with Crippen LogP contribution in [0.4, 0.5) is 0 Å². The Kier molecular flexibility index (Phi) is 2.30. The molecule has 4 heteroatoms. The maximum atomic E-state index is 12.0. The Labute approximate surface area is 98.7 Å². The lowest BCUT2D eigenvalue weighted by Gasteiger charge is -2.05. The van der Waals surface area contributed by atoms with E-state index < -0.39 is 0 Å². The van der Waals surface area contributed by atoms with Gasteiger partial charge in [0.25, 0.3) is 5.56 Å². The van der Waals surface area contributed by atoms with Crippen LogP contribution >= 0.6 is 0 Å². The maximum Gasteiger partial charge on any atom is 0.256 e. The minimum absolute atomic E-state index is 0.0358. The highest BCUT2D eigenvalue weighted by Gasteiger charge is 2.23. The first-order chi connectivity index (χ1) is 8.25. The topological polar surface area (TPSA) is 57.8 Å². The van der Waals surface area contributed by atoms with Gasteiger partial charge in [-0.15, -0.1) is 0 Å². The van der Waals surface area contributed by atoms with Crippen molar-refractivity contribution in [3.63, 3.8) is 0 Å². The van der Waals surface area contributed by atoms with Crippen LogP contribution in [0.3, 0.4) is 0 Å². The molecule has 3 rings (SSSR count). The van der Waals surface area contributed by atoms with Crippen molar-refractivity contribution in [1.82, 2.24) is 15.3 Å². The molecule has 0 saturated heterocycles. The molecule has 2 heterocycles. The zero-order valence-corrected chi connectivity index (χ0v) is 9.53. The second-order valence-electron chi connectivity index (χ2n) is 4.24. The first-order valence-electron chi connectivity index (χ1n) is 5.67. The Morgan fingerprint density at radius 3 is 2.82 bits per heavy atom. The molecular formula is C13H13N3O. The van der Waals surface area contributed by atoms with E-state index in [0.717, 1.165) is 16.8 Å². The smallest absolute Gasteiger partial charge is 0.256 e. The van der Waals surface area contributed by atoms with Crippen molar-refractivity contribution in [1.29, 1.82) is 0 Å². The number of rotatable bonds is 1. The Balaban J connectivity index is 2.17. The van der Waals surface area contributed by atoms with E-state index in [2.05, 4.69) is 15.3 Å². The van der Waals surface area contributed by atoms with Crippen LogP contribution in [-0.4, -0.2) is 9.97 Å². The molecule has 86 valence electrons. The average molecular weight is 227 g/mol. The van der Waals surface area contributed by atoms with E-state index in [-0.39, 0.29) is 11.6 Å². The normalized spacial score (nSPS) is 18.1. The van der Waals surface area contributed by atoms with Crippen LogP contribution in [0, 0.1) is 0 Å². The van der Waals surface area contributed by atoms with Crippen LogP contribution in [0.5, 0.6) is 0 Å². The van der Waals surface area contributed by atoms with E-state index in [0.29, 0.717) is 12.4 Å². The van der Waals surface area contributed by atoms with Gasteiger partial charge in [0.1, 0.15) is 5.82 Å². The summed E-state index contributed by atoms with van der Waals surface area (Å²) in [7, 11) is 0. The van der Waals surface area contributed by atoms with Crippen molar-refractivity contribution in [3.05, 3.63) is 51.9 Å². The molecule has 0 bridgehead atoms. The first-order valence-corrected chi connectivity index (χ1v) is 5.67. The van der Waals surface area contributed by atoms with Crippen molar-refractivity contribution in [2.45, 2.75) is 19.5 Å². The van der Waals surface area contributed by atoms with Gasteiger partial charge >= 0.3 is 0 Å². The molecule has 0 aliphatic carbocycles. The summed E-state index contributed by atoms with van der Waals surface area (Å²) in [5, 5.41) is 3.22. The highest BCUT2D eigenvalue weighted by molar-refractivity contribution is 5.55. The molecule has 17 heavy (non-hydrogen) atoms. The SMILES string of the molecule is CC1NCc2nc(-c3ccccc3)[nH]c(=O)c21. The average Bonchev–Trinajstić information content (AvgIpc) is 2.73. The molecule has 4 nitrogen and oxygen atoms in total. The number of hydrogen-bond acceptors (Lipinski definition) is 3. The number of hydrogen-bond donors (Lipinski definition) is 2. The van der Waals surface area contributed by atoms with Gasteiger partial charge in [-0.3, -0.25) is 4.79 Å². The molecule has 1 unspecified atom stereocenters. The summed E-state index contributed by atoms with van der Waals surface area (Å²) in [6, 6.07) is 9.78. The van der Waals surface area contributed by atoms with Crippen molar-refractivity contribution >= 4 is 0 Å². The van der Waals surface area contributed by atoms with Gasteiger partial charge in [-0.2, -0.15) is 0 Å².